The third-order valence-corrected chi connectivity index (χ3v) is 21.5. The summed E-state index contributed by atoms with van der Waals surface area (Å²) in [6.07, 6.45) is 0. The standard InChI is InChI=1S/3C29H24N3OP/c1-34(2,33)26-18-10-16-24(20-26)23-15-9-17-25(19-23)29-31-27(21-11-5-3-6-12-21)30-28(32-29)22-13-7-4-8-14-22;1-34(2,33)26-18-16-21(17-19-26)24-14-9-15-25(20-24)29-31-27(22-10-5-3-6-11-22)30-28(32-29)23-12-7-4-8-13-23;1-34(2,33)26-19-17-25(18-20-26)29-31-27(23-11-7-4-8-12-23)30-28(32-29)24-15-13-22(14-16-24)21-9-5-3-6-10-21/h3*3-20H,1-2H3. The number of rotatable bonds is 15. The fourth-order valence-corrected chi connectivity index (χ4v) is 14.0. The quantitative estimate of drug-likeness (QED) is 0.0893. The minimum absolute atomic E-state index is 0.588. The molecule has 0 atom stereocenters. The van der Waals surface area contributed by atoms with Gasteiger partial charge in [0.1, 0.15) is 21.4 Å². The summed E-state index contributed by atoms with van der Waals surface area (Å²) in [5.41, 5.74) is 14.7. The highest BCUT2D eigenvalue weighted by Gasteiger charge is 2.19. The number of aromatic nitrogens is 9. The molecule has 498 valence electrons. The summed E-state index contributed by atoms with van der Waals surface area (Å²) in [4.78, 5) is 43.2. The molecule has 15 heteroatoms. The van der Waals surface area contributed by atoms with Gasteiger partial charge in [0.05, 0.1) is 0 Å². The third-order valence-electron chi connectivity index (χ3n) is 16.9. The summed E-state index contributed by atoms with van der Waals surface area (Å²) in [6, 6.07) is 108. The highest BCUT2D eigenvalue weighted by molar-refractivity contribution is 7.70. The van der Waals surface area contributed by atoms with E-state index < -0.39 is 21.4 Å². The van der Waals surface area contributed by atoms with E-state index in [1.165, 1.54) is 5.56 Å². The van der Waals surface area contributed by atoms with E-state index >= 15 is 0 Å². The van der Waals surface area contributed by atoms with Crippen LogP contribution in [0.5, 0.6) is 0 Å². The number of benzene rings is 12. The van der Waals surface area contributed by atoms with E-state index in [1.54, 1.807) is 40.0 Å². The molecule has 102 heavy (non-hydrogen) atoms. The Bertz CT molecular complexity index is 5420. The molecule has 12 nitrogen and oxygen atoms in total. The zero-order valence-electron chi connectivity index (χ0n) is 57.3. The Morgan fingerprint density at radius 3 is 0.627 bits per heavy atom. The van der Waals surface area contributed by atoms with Crippen molar-refractivity contribution in [1.29, 1.82) is 0 Å². The van der Waals surface area contributed by atoms with E-state index in [0.29, 0.717) is 52.4 Å². The van der Waals surface area contributed by atoms with E-state index in [-0.39, 0.29) is 0 Å². The van der Waals surface area contributed by atoms with Crippen molar-refractivity contribution < 1.29 is 13.7 Å². The van der Waals surface area contributed by atoms with Crippen molar-refractivity contribution >= 4 is 37.3 Å². The Morgan fingerprint density at radius 2 is 0.333 bits per heavy atom. The fraction of sp³-hybridized carbons (Fsp3) is 0.0690. The van der Waals surface area contributed by atoms with Gasteiger partial charge in [-0.05, 0) is 91.6 Å². The fourth-order valence-electron chi connectivity index (χ4n) is 11.3. The molecule has 15 rings (SSSR count). The van der Waals surface area contributed by atoms with Gasteiger partial charge in [0.25, 0.3) is 0 Å². The molecule has 0 N–H and O–H groups in total. The van der Waals surface area contributed by atoms with Gasteiger partial charge < -0.3 is 13.7 Å². The van der Waals surface area contributed by atoms with Gasteiger partial charge in [-0.25, -0.2) is 44.9 Å². The van der Waals surface area contributed by atoms with Gasteiger partial charge in [0, 0.05) is 66.0 Å². The molecule has 0 bridgehead atoms. The van der Waals surface area contributed by atoms with Crippen molar-refractivity contribution in [3.8, 4) is 136 Å². The van der Waals surface area contributed by atoms with Crippen LogP contribution in [0.4, 0.5) is 0 Å². The van der Waals surface area contributed by atoms with Gasteiger partial charge in [-0.2, -0.15) is 0 Å². The maximum atomic E-state index is 12.6. The van der Waals surface area contributed by atoms with Crippen LogP contribution in [-0.4, -0.2) is 84.8 Å². The summed E-state index contributed by atoms with van der Waals surface area (Å²) in [5, 5.41) is 2.59. The monoisotopic (exact) mass is 1380 g/mol. The van der Waals surface area contributed by atoms with Gasteiger partial charge in [0.2, 0.25) is 0 Å². The Hall–Kier alpha value is -11.6. The highest BCUT2D eigenvalue weighted by atomic mass is 31.2. The molecule has 0 saturated carbocycles. The van der Waals surface area contributed by atoms with E-state index in [0.717, 1.165) is 93.8 Å². The van der Waals surface area contributed by atoms with E-state index in [2.05, 4.69) is 48.5 Å². The lowest BCUT2D eigenvalue weighted by atomic mass is 10.0. The molecular formula is C87H72N9O3P3. The van der Waals surface area contributed by atoms with Crippen molar-refractivity contribution in [2.24, 2.45) is 0 Å². The average molecular weight is 1380 g/mol. The average Bonchev–Trinajstić information content (AvgIpc) is 0.812. The molecule has 0 aliphatic heterocycles. The lowest BCUT2D eigenvalue weighted by molar-refractivity contribution is 0.587. The van der Waals surface area contributed by atoms with Crippen molar-refractivity contribution in [2.45, 2.75) is 0 Å². The van der Waals surface area contributed by atoms with E-state index in [1.807, 2.05) is 279 Å². The molecule has 0 aliphatic rings. The van der Waals surface area contributed by atoms with Crippen LogP contribution in [0, 0.1) is 0 Å². The molecule has 0 radical (unpaired) electrons. The van der Waals surface area contributed by atoms with Gasteiger partial charge in [0.15, 0.2) is 52.4 Å². The second-order valence-electron chi connectivity index (χ2n) is 25.6. The summed E-state index contributed by atoms with van der Waals surface area (Å²) < 4.78 is 37.4. The smallest absolute Gasteiger partial charge is 0.164 e. The van der Waals surface area contributed by atoms with Crippen LogP contribution in [0.25, 0.3) is 136 Å². The molecule has 15 aromatic rings. The molecule has 3 aromatic heterocycles. The van der Waals surface area contributed by atoms with Gasteiger partial charge in [-0.1, -0.05) is 309 Å². The molecule has 0 amide bonds. The first kappa shape index (κ1) is 68.9. The maximum absolute atomic E-state index is 12.6. The van der Waals surface area contributed by atoms with Crippen molar-refractivity contribution in [3.63, 3.8) is 0 Å². The zero-order chi connectivity index (χ0) is 70.6. The van der Waals surface area contributed by atoms with Crippen LogP contribution >= 0.6 is 21.4 Å². The second kappa shape index (κ2) is 30.9. The highest BCUT2D eigenvalue weighted by Crippen LogP contribution is 2.39. The SMILES string of the molecule is CP(C)(=O)c1ccc(-c2cccc(-c3nc(-c4ccccc4)nc(-c4ccccc4)n3)c2)cc1.CP(C)(=O)c1ccc(-c2nc(-c3ccccc3)nc(-c3ccc(-c4ccccc4)cc3)n2)cc1.CP(C)(=O)c1cccc(-c2cccc(-c3nc(-c4ccccc4)nc(-c4ccccc4)n3)c2)c1. The molecular weight excluding hydrogens is 1310 g/mol. The zero-order valence-corrected chi connectivity index (χ0v) is 60.0. The van der Waals surface area contributed by atoms with Crippen molar-refractivity contribution in [1.82, 2.24) is 44.9 Å². The minimum Gasteiger partial charge on any atom is -0.319 e. The minimum atomic E-state index is -2.35. The van der Waals surface area contributed by atoms with E-state index in [9.17, 15) is 13.7 Å². The Labute approximate surface area is 595 Å². The Kier molecular flexibility index (Phi) is 20.8. The molecule has 0 aliphatic carbocycles. The lowest BCUT2D eigenvalue weighted by Gasteiger charge is -2.11. The van der Waals surface area contributed by atoms with Crippen LogP contribution in [0.2, 0.25) is 0 Å². The molecule has 0 saturated heterocycles. The van der Waals surface area contributed by atoms with Crippen molar-refractivity contribution in [2.75, 3.05) is 40.0 Å². The van der Waals surface area contributed by atoms with E-state index in [4.69, 9.17) is 44.9 Å². The first-order valence-electron chi connectivity index (χ1n) is 33.3. The predicted octanol–water partition coefficient (Wildman–Crippen LogP) is 20.4. The maximum Gasteiger partial charge on any atom is 0.164 e. The molecule has 0 spiro atoms. The van der Waals surface area contributed by atoms with Gasteiger partial charge >= 0.3 is 0 Å². The number of nitrogens with zero attached hydrogens (tertiary/aromatic N) is 9. The summed E-state index contributed by atoms with van der Waals surface area (Å²) in [6.45, 7) is 10.7. The normalized spacial score (nSPS) is 11.4. The van der Waals surface area contributed by atoms with Crippen LogP contribution in [0.1, 0.15) is 0 Å². The lowest BCUT2D eigenvalue weighted by Crippen LogP contribution is -2.03. The summed E-state index contributed by atoms with van der Waals surface area (Å²) >= 11 is 0. The largest absolute Gasteiger partial charge is 0.319 e. The first-order chi connectivity index (χ1) is 49.4. The molecule has 0 unspecified atom stereocenters. The summed E-state index contributed by atoms with van der Waals surface area (Å²) in [7, 11) is -6.96. The predicted molar refractivity (Wildman–Crippen MR) is 422 cm³/mol. The first-order valence-corrected chi connectivity index (χ1v) is 41.1. The topological polar surface area (TPSA) is 167 Å². The third kappa shape index (κ3) is 17.1. The Morgan fingerprint density at radius 1 is 0.157 bits per heavy atom. The van der Waals surface area contributed by atoms with Crippen molar-refractivity contribution in [3.05, 3.63) is 328 Å². The van der Waals surface area contributed by atoms with Crippen LogP contribution < -0.4 is 15.9 Å². The number of hydrogen-bond acceptors (Lipinski definition) is 12. The van der Waals surface area contributed by atoms with Gasteiger partial charge in [-0.15, -0.1) is 0 Å². The van der Waals surface area contributed by atoms with Gasteiger partial charge in [-0.3, -0.25) is 0 Å². The molecule has 12 aromatic carbocycles. The van der Waals surface area contributed by atoms with Crippen LogP contribution in [-0.2, 0) is 13.7 Å². The molecule has 0 fully saturated rings. The second-order valence-corrected chi connectivity index (χ2v) is 35.2. The molecule has 3 heterocycles. The number of hydrogen-bond donors (Lipinski definition) is 0. The Balaban J connectivity index is 0.000000137. The summed E-state index contributed by atoms with van der Waals surface area (Å²) in [5.74, 6) is 5.61. The van der Waals surface area contributed by atoms with Crippen LogP contribution in [0.3, 0.4) is 0 Å². The van der Waals surface area contributed by atoms with Crippen LogP contribution in [0.15, 0.2) is 328 Å².